The molecule has 0 aliphatic carbocycles. The minimum absolute atomic E-state index is 0.105. The van der Waals surface area contributed by atoms with Crippen molar-refractivity contribution in [2.24, 2.45) is 5.92 Å². The molecule has 1 saturated heterocycles. The highest BCUT2D eigenvalue weighted by Crippen LogP contribution is 2.15. The molecule has 0 amide bonds. The van der Waals surface area contributed by atoms with Crippen molar-refractivity contribution in [3.05, 3.63) is 0 Å². The molecule has 0 saturated carbocycles. The molecule has 1 atom stereocenters. The molecule has 0 unspecified atom stereocenters. The van der Waals surface area contributed by atoms with Crippen molar-refractivity contribution in [2.75, 3.05) is 19.6 Å². The number of carbonyl (C=O) groups is 1. The monoisotopic (exact) mass is 199 g/mol. The Labute approximate surface area is 86.4 Å². The molecule has 1 rings (SSSR count). The number of ether oxygens (including phenoxy) is 1. The van der Waals surface area contributed by atoms with E-state index in [1.54, 1.807) is 0 Å². The Hall–Kier alpha value is -0.570. The third kappa shape index (κ3) is 4.09. The van der Waals surface area contributed by atoms with Crippen LogP contribution in [0.2, 0.25) is 0 Å². The van der Waals surface area contributed by atoms with Crippen LogP contribution in [0.25, 0.3) is 0 Å². The van der Waals surface area contributed by atoms with Gasteiger partial charge in [0.15, 0.2) is 0 Å². The summed E-state index contributed by atoms with van der Waals surface area (Å²) < 4.78 is 5.25. The molecule has 1 fully saturated rings. The van der Waals surface area contributed by atoms with E-state index in [-0.39, 0.29) is 11.6 Å². The van der Waals surface area contributed by atoms with Crippen LogP contribution in [0.4, 0.5) is 0 Å². The summed E-state index contributed by atoms with van der Waals surface area (Å²) in [6, 6.07) is 0. The Kier molecular flexibility index (Phi) is 3.53. The van der Waals surface area contributed by atoms with E-state index in [1.807, 2.05) is 20.8 Å². The lowest BCUT2D eigenvalue weighted by Crippen LogP contribution is -2.33. The summed E-state index contributed by atoms with van der Waals surface area (Å²) >= 11 is 0. The van der Waals surface area contributed by atoms with Crippen LogP contribution in [0, 0.1) is 5.92 Å². The fourth-order valence-corrected chi connectivity index (χ4v) is 1.73. The fraction of sp³-hybridized carbons (Fsp3) is 0.909. The average molecular weight is 199 g/mol. The summed E-state index contributed by atoms with van der Waals surface area (Å²) in [5.41, 5.74) is -0.359. The molecule has 0 N–H and O–H groups in total. The van der Waals surface area contributed by atoms with Gasteiger partial charge in [0.25, 0.3) is 0 Å². The molecular formula is C11H21NO2. The number of likely N-dealkylation sites (tertiary alicyclic amines) is 1. The van der Waals surface area contributed by atoms with Gasteiger partial charge < -0.3 is 4.74 Å². The highest BCUT2D eigenvalue weighted by atomic mass is 16.6. The first kappa shape index (κ1) is 11.5. The number of hydrogen-bond donors (Lipinski definition) is 0. The lowest BCUT2D eigenvalue weighted by Gasteiger charge is -2.22. The zero-order valence-electron chi connectivity index (χ0n) is 9.67. The van der Waals surface area contributed by atoms with Crippen LogP contribution in [-0.2, 0) is 9.53 Å². The van der Waals surface area contributed by atoms with Gasteiger partial charge in [-0.3, -0.25) is 9.69 Å². The number of rotatable bonds is 2. The molecule has 0 spiro atoms. The standard InChI is InChI=1S/C11H21NO2/c1-9-5-6-12(7-9)8-10(13)14-11(2,3)4/h9H,5-8H2,1-4H3/t9-/m0/s1. The van der Waals surface area contributed by atoms with E-state index in [0.29, 0.717) is 6.54 Å². The fourth-order valence-electron chi connectivity index (χ4n) is 1.73. The lowest BCUT2D eigenvalue weighted by molar-refractivity contribution is -0.155. The van der Waals surface area contributed by atoms with E-state index in [9.17, 15) is 4.79 Å². The summed E-state index contributed by atoms with van der Waals surface area (Å²) in [6.45, 7) is 10.4. The molecule has 82 valence electrons. The minimum Gasteiger partial charge on any atom is -0.459 e. The molecule has 0 aromatic heterocycles. The number of esters is 1. The Bertz CT molecular complexity index is 208. The predicted octanol–water partition coefficient (Wildman–Crippen LogP) is 1.67. The van der Waals surface area contributed by atoms with Crippen molar-refractivity contribution < 1.29 is 9.53 Å². The first-order chi connectivity index (χ1) is 6.37. The minimum atomic E-state index is -0.359. The SMILES string of the molecule is C[C@H]1CCN(CC(=O)OC(C)(C)C)C1. The van der Waals surface area contributed by atoms with Crippen LogP contribution in [0.3, 0.4) is 0 Å². The van der Waals surface area contributed by atoms with Crippen molar-refractivity contribution in [3.8, 4) is 0 Å². The van der Waals surface area contributed by atoms with Crippen LogP contribution in [0.1, 0.15) is 34.1 Å². The first-order valence-electron chi connectivity index (χ1n) is 5.31. The summed E-state index contributed by atoms with van der Waals surface area (Å²) in [6.07, 6.45) is 1.20. The smallest absolute Gasteiger partial charge is 0.320 e. The van der Waals surface area contributed by atoms with Gasteiger partial charge in [0.05, 0.1) is 6.54 Å². The van der Waals surface area contributed by atoms with E-state index in [1.165, 1.54) is 6.42 Å². The van der Waals surface area contributed by atoms with Crippen LogP contribution in [-0.4, -0.2) is 36.1 Å². The Balaban J connectivity index is 2.27. The van der Waals surface area contributed by atoms with Gasteiger partial charge in [-0.05, 0) is 39.7 Å². The van der Waals surface area contributed by atoms with E-state index in [0.717, 1.165) is 19.0 Å². The summed E-state index contributed by atoms with van der Waals surface area (Å²) in [7, 11) is 0. The third-order valence-corrected chi connectivity index (χ3v) is 2.28. The summed E-state index contributed by atoms with van der Waals surface area (Å²) in [5, 5.41) is 0. The molecule has 1 aliphatic rings. The molecule has 0 bridgehead atoms. The molecule has 14 heavy (non-hydrogen) atoms. The Morgan fingerprint density at radius 2 is 2.14 bits per heavy atom. The topological polar surface area (TPSA) is 29.5 Å². The molecule has 1 heterocycles. The van der Waals surface area contributed by atoms with Gasteiger partial charge in [-0.15, -0.1) is 0 Å². The molecule has 0 aromatic carbocycles. The van der Waals surface area contributed by atoms with Crippen LogP contribution in [0.15, 0.2) is 0 Å². The van der Waals surface area contributed by atoms with Gasteiger partial charge >= 0.3 is 5.97 Å². The van der Waals surface area contributed by atoms with Crippen LogP contribution < -0.4 is 0 Å². The lowest BCUT2D eigenvalue weighted by atomic mass is 10.2. The average Bonchev–Trinajstić information content (AvgIpc) is 2.30. The van der Waals surface area contributed by atoms with Gasteiger partial charge in [-0.1, -0.05) is 6.92 Å². The van der Waals surface area contributed by atoms with E-state index in [4.69, 9.17) is 4.74 Å². The van der Waals surface area contributed by atoms with Gasteiger partial charge in [0.2, 0.25) is 0 Å². The van der Waals surface area contributed by atoms with E-state index in [2.05, 4.69) is 11.8 Å². The van der Waals surface area contributed by atoms with Crippen molar-refractivity contribution in [1.82, 2.24) is 4.90 Å². The molecule has 1 aliphatic heterocycles. The summed E-state index contributed by atoms with van der Waals surface area (Å²) in [5.74, 6) is 0.615. The van der Waals surface area contributed by atoms with Crippen molar-refractivity contribution in [2.45, 2.75) is 39.7 Å². The maximum absolute atomic E-state index is 11.5. The zero-order valence-corrected chi connectivity index (χ0v) is 9.67. The van der Waals surface area contributed by atoms with Crippen LogP contribution in [0.5, 0.6) is 0 Å². The van der Waals surface area contributed by atoms with Gasteiger partial charge in [0.1, 0.15) is 5.60 Å². The van der Waals surface area contributed by atoms with Crippen molar-refractivity contribution in [1.29, 1.82) is 0 Å². The second-order valence-corrected chi connectivity index (χ2v) is 5.22. The number of hydrogen-bond acceptors (Lipinski definition) is 3. The number of carbonyl (C=O) groups excluding carboxylic acids is 1. The largest absolute Gasteiger partial charge is 0.459 e. The first-order valence-corrected chi connectivity index (χ1v) is 5.31. The van der Waals surface area contributed by atoms with E-state index < -0.39 is 0 Å². The zero-order chi connectivity index (χ0) is 10.8. The maximum Gasteiger partial charge on any atom is 0.320 e. The predicted molar refractivity (Wildman–Crippen MR) is 56.1 cm³/mol. The Morgan fingerprint density at radius 3 is 2.57 bits per heavy atom. The molecule has 0 radical (unpaired) electrons. The molecule has 3 heteroatoms. The van der Waals surface area contributed by atoms with Gasteiger partial charge in [-0.2, -0.15) is 0 Å². The molecule has 3 nitrogen and oxygen atoms in total. The van der Waals surface area contributed by atoms with Gasteiger partial charge in [0, 0.05) is 6.54 Å². The third-order valence-electron chi connectivity index (χ3n) is 2.28. The summed E-state index contributed by atoms with van der Waals surface area (Å²) in [4.78, 5) is 13.6. The highest BCUT2D eigenvalue weighted by molar-refractivity contribution is 5.72. The Morgan fingerprint density at radius 1 is 1.50 bits per heavy atom. The molecular weight excluding hydrogens is 178 g/mol. The normalized spacial score (nSPS) is 23.9. The van der Waals surface area contributed by atoms with E-state index >= 15 is 0 Å². The van der Waals surface area contributed by atoms with Crippen molar-refractivity contribution >= 4 is 5.97 Å². The second-order valence-electron chi connectivity index (χ2n) is 5.22. The number of nitrogens with zero attached hydrogens (tertiary/aromatic N) is 1. The van der Waals surface area contributed by atoms with Crippen molar-refractivity contribution in [3.63, 3.8) is 0 Å². The second kappa shape index (κ2) is 4.30. The van der Waals surface area contributed by atoms with Crippen LogP contribution >= 0.6 is 0 Å². The quantitative estimate of drug-likeness (QED) is 0.634. The van der Waals surface area contributed by atoms with Gasteiger partial charge in [-0.25, -0.2) is 0 Å². The highest BCUT2D eigenvalue weighted by Gasteiger charge is 2.23. The molecule has 0 aromatic rings. The maximum atomic E-state index is 11.5.